The van der Waals surface area contributed by atoms with Crippen LogP contribution in [0.4, 0.5) is 0 Å². The first-order valence-corrected chi connectivity index (χ1v) is 8.00. The number of halogens is 1. The molecule has 0 spiro atoms. The molecule has 3 unspecified atom stereocenters. The Morgan fingerprint density at radius 3 is 2.72 bits per heavy atom. The van der Waals surface area contributed by atoms with E-state index in [1.807, 2.05) is 6.20 Å². The van der Waals surface area contributed by atoms with E-state index < -0.39 is 0 Å². The highest BCUT2D eigenvalue weighted by atomic mass is 79.9. The molecule has 100 valence electrons. The SMILES string of the molecule is CCCn1ncc(Br)c1C(N)C1C2CCCCC21. The Hall–Kier alpha value is -0.350. The zero-order valence-corrected chi connectivity index (χ0v) is 12.6. The number of nitrogens with zero attached hydrogens (tertiary/aromatic N) is 2. The van der Waals surface area contributed by atoms with Crippen LogP contribution in [0.1, 0.15) is 50.8 Å². The molecule has 3 atom stereocenters. The Balaban J connectivity index is 1.80. The Labute approximate surface area is 117 Å². The predicted molar refractivity (Wildman–Crippen MR) is 76.1 cm³/mol. The quantitative estimate of drug-likeness (QED) is 0.925. The van der Waals surface area contributed by atoms with E-state index in [9.17, 15) is 0 Å². The average Bonchev–Trinajstić information content (AvgIpc) is 3.00. The van der Waals surface area contributed by atoms with Crippen LogP contribution in [0.2, 0.25) is 0 Å². The number of aryl methyl sites for hydroxylation is 1. The summed E-state index contributed by atoms with van der Waals surface area (Å²) in [5.74, 6) is 2.49. The molecule has 3 rings (SSSR count). The molecule has 2 N–H and O–H groups in total. The summed E-state index contributed by atoms with van der Waals surface area (Å²) in [6.07, 6.45) is 8.59. The van der Waals surface area contributed by atoms with E-state index in [0.717, 1.165) is 29.3 Å². The van der Waals surface area contributed by atoms with Crippen LogP contribution in [0.15, 0.2) is 10.7 Å². The van der Waals surface area contributed by atoms with Crippen LogP contribution in [0, 0.1) is 17.8 Å². The van der Waals surface area contributed by atoms with Crippen molar-refractivity contribution in [1.29, 1.82) is 0 Å². The molecule has 2 aliphatic carbocycles. The van der Waals surface area contributed by atoms with E-state index in [1.165, 1.54) is 31.4 Å². The minimum Gasteiger partial charge on any atom is -0.322 e. The van der Waals surface area contributed by atoms with Crippen molar-refractivity contribution in [1.82, 2.24) is 9.78 Å². The van der Waals surface area contributed by atoms with E-state index in [2.05, 4.69) is 32.6 Å². The van der Waals surface area contributed by atoms with Crippen molar-refractivity contribution < 1.29 is 0 Å². The number of hydrogen-bond donors (Lipinski definition) is 1. The topological polar surface area (TPSA) is 43.8 Å². The van der Waals surface area contributed by atoms with Gasteiger partial charge in [-0.15, -0.1) is 0 Å². The number of aromatic nitrogens is 2. The average molecular weight is 312 g/mol. The summed E-state index contributed by atoms with van der Waals surface area (Å²) in [4.78, 5) is 0. The van der Waals surface area contributed by atoms with E-state index >= 15 is 0 Å². The molecule has 0 radical (unpaired) electrons. The third-order valence-electron chi connectivity index (χ3n) is 4.72. The minimum absolute atomic E-state index is 0.168. The van der Waals surface area contributed by atoms with Crippen LogP contribution in [-0.4, -0.2) is 9.78 Å². The van der Waals surface area contributed by atoms with E-state index in [1.54, 1.807) is 0 Å². The van der Waals surface area contributed by atoms with Gasteiger partial charge in [-0.3, -0.25) is 4.68 Å². The summed E-state index contributed by atoms with van der Waals surface area (Å²) < 4.78 is 3.19. The fraction of sp³-hybridized carbons (Fsp3) is 0.786. The molecule has 18 heavy (non-hydrogen) atoms. The first-order chi connectivity index (χ1) is 8.74. The smallest absolute Gasteiger partial charge is 0.0696 e. The Morgan fingerprint density at radius 1 is 1.44 bits per heavy atom. The fourth-order valence-electron chi connectivity index (χ4n) is 3.86. The Kier molecular flexibility index (Phi) is 3.50. The van der Waals surface area contributed by atoms with E-state index in [4.69, 9.17) is 5.73 Å². The maximum Gasteiger partial charge on any atom is 0.0696 e. The van der Waals surface area contributed by atoms with Crippen molar-refractivity contribution in [3.8, 4) is 0 Å². The van der Waals surface area contributed by atoms with Crippen LogP contribution in [0.3, 0.4) is 0 Å². The van der Waals surface area contributed by atoms with Crippen molar-refractivity contribution in [2.75, 3.05) is 0 Å². The molecule has 0 amide bonds. The van der Waals surface area contributed by atoms with Gasteiger partial charge in [0.1, 0.15) is 0 Å². The van der Waals surface area contributed by atoms with Crippen molar-refractivity contribution in [2.45, 2.75) is 51.6 Å². The maximum atomic E-state index is 6.55. The van der Waals surface area contributed by atoms with Gasteiger partial charge in [-0.05, 0) is 52.9 Å². The van der Waals surface area contributed by atoms with Gasteiger partial charge in [0.2, 0.25) is 0 Å². The lowest BCUT2D eigenvalue weighted by atomic mass is 10.0. The van der Waals surface area contributed by atoms with Crippen LogP contribution in [-0.2, 0) is 6.54 Å². The lowest BCUT2D eigenvalue weighted by Crippen LogP contribution is -2.20. The number of rotatable bonds is 4. The molecule has 1 aromatic heterocycles. The molecule has 1 heterocycles. The molecule has 2 aliphatic rings. The second-order valence-corrected chi connectivity index (χ2v) is 6.67. The summed E-state index contributed by atoms with van der Waals surface area (Å²) in [6, 6.07) is 0.168. The minimum atomic E-state index is 0.168. The van der Waals surface area contributed by atoms with Gasteiger partial charge in [0, 0.05) is 6.54 Å². The van der Waals surface area contributed by atoms with Crippen molar-refractivity contribution in [3.05, 3.63) is 16.4 Å². The first-order valence-electron chi connectivity index (χ1n) is 7.20. The van der Waals surface area contributed by atoms with Crippen LogP contribution in [0.5, 0.6) is 0 Å². The van der Waals surface area contributed by atoms with Gasteiger partial charge in [0.25, 0.3) is 0 Å². The molecule has 0 aliphatic heterocycles. The van der Waals surface area contributed by atoms with Crippen LogP contribution in [0.25, 0.3) is 0 Å². The van der Waals surface area contributed by atoms with Gasteiger partial charge in [-0.2, -0.15) is 5.10 Å². The molecular formula is C14H22BrN3. The monoisotopic (exact) mass is 311 g/mol. The molecular weight excluding hydrogens is 290 g/mol. The summed E-state index contributed by atoms with van der Waals surface area (Å²) in [7, 11) is 0. The van der Waals surface area contributed by atoms with Crippen molar-refractivity contribution in [3.63, 3.8) is 0 Å². The first kappa shape index (κ1) is 12.7. The van der Waals surface area contributed by atoms with E-state index in [0.29, 0.717) is 5.92 Å². The van der Waals surface area contributed by atoms with Crippen LogP contribution >= 0.6 is 15.9 Å². The lowest BCUT2D eigenvalue weighted by Gasteiger charge is -2.15. The number of nitrogens with two attached hydrogens (primary N) is 1. The molecule has 1 aromatic rings. The second-order valence-electron chi connectivity index (χ2n) is 5.82. The largest absolute Gasteiger partial charge is 0.322 e. The summed E-state index contributed by atoms with van der Waals surface area (Å²) >= 11 is 3.62. The third kappa shape index (κ3) is 2.03. The van der Waals surface area contributed by atoms with E-state index in [-0.39, 0.29) is 6.04 Å². The Bertz CT molecular complexity index is 417. The molecule has 2 saturated carbocycles. The van der Waals surface area contributed by atoms with Gasteiger partial charge in [0.05, 0.1) is 22.4 Å². The standard InChI is InChI=1S/C14H22BrN3/c1-2-7-18-14(11(15)8-17-18)13(16)12-9-5-3-4-6-10(9)12/h8-10,12-13H,2-7,16H2,1H3. The van der Waals surface area contributed by atoms with Gasteiger partial charge in [-0.25, -0.2) is 0 Å². The van der Waals surface area contributed by atoms with Crippen molar-refractivity contribution >= 4 is 15.9 Å². The fourth-order valence-corrected chi connectivity index (χ4v) is 4.42. The maximum absolute atomic E-state index is 6.55. The zero-order valence-electron chi connectivity index (χ0n) is 11.0. The van der Waals surface area contributed by atoms with Crippen molar-refractivity contribution in [2.24, 2.45) is 23.5 Å². The molecule has 0 aromatic carbocycles. The Morgan fingerprint density at radius 2 is 2.11 bits per heavy atom. The predicted octanol–water partition coefficient (Wildman–Crippen LogP) is 3.49. The summed E-state index contributed by atoms with van der Waals surface area (Å²) in [5.41, 5.74) is 7.76. The van der Waals surface area contributed by atoms with Gasteiger partial charge >= 0.3 is 0 Å². The number of fused-ring (bicyclic) bond motifs is 1. The second kappa shape index (κ2) is 4.97. The molecule has 3 nitrogen and oxygen atoms in total. The summed E-state index contributed by atoms with van der Waals surface area (Å²) in [6.45, 7) is 3.15. The zero-order chi connectivity index (χ0) is 12.7. The van der Waals surface area contributed by atoms with Crippen LogP contribution < -0.4 is 5.73 Å². The lowest BCUT2D eigenvalue weighted by molar-refractivity contribution is 0.480. The molecule has 2 fully saturated rings. The molecule has 0 bridgehead atoms. The normalized spacial score (nSPS) is 32.1. The van der Waals surface area contributed by atoms with Gasteiger partial charge in [-0.1, -0.05) is 19.8 Å². The molecule has 0 saturated heterocycles. The highest BCUT2D eigenvalue weighted by molar-refractivity contribution is 9.10. The molecule has 4 heteroatoms. The van der Waals surface area contributed by atoms with Gasteiger partial charge in [0.15, 0.2) is 0 Å². The van der Waals surface area contributed by atoms with Gasteiger partial charge < -0.3 is 5.73 Å². The summed E-state index contributed by atoms with van der Waals surface area (Å²) in [5, 5.41) is 4.44. The third-order valence-corrected chi connectivity index (χ3v) is 5.33. The number of hydrogen-bond acceptors (Lipinski definition) is 2. The highest BCUT2D eigenvalue weighted by Crippen LogP contribution is 2.60. The highest BCUT2D eigenvalue weighted by Gasteiger charge is 2.54.